The molecular weight excluding hydrogens is 180 g/mol. The minimum absolute atomic E-state index is 0.0599. The molecule has 1 unspecified atom stereocenters. The maximum Gasteiger partial charge on any atom is 0.253 e. The largest absolute Gasteiger partial charge is 0.366 e. The molecule has 0 aromatic rings. The zero-order valence-electron chi connectivity index (χ0n) is 9.46. The van der Waals surface area contributed by atoms with Gasteiger partial charge in [-0.15, -0.1) is 0 Å². The first-order valence-electron chi connectivity index (χ1n) is 5.03. The monoisotopic (exact) mass is 200 g/mol. The van der Waals surface area contributed by atoms with Crippen LogP contribution in [0.4, 0.5) is 0 Å². The lowest BCUT2D eigenvalue weighted by Gasteiger charge is -2.35. The first-order valence-corrected chi connectivity index (χ1v) is 5.03. The van der Waals surface area contributed by atoms with Crippen LogP contribution in [0.25, 0.3) is 0 Å². The molecule has 0 spiro atoms. The van der Waals surface area contributed by atoms with E-state index in [1.807, 2.05) is 27.8 Å². The predicted octanol–water partition coefficient (Wildman–Crippen LogP) is 0.232. The van der Waals surface area contributed by atoms with E-state index in [2.05, 4.69) is 5.32 Å². The van der Waals surface area contributed by atoms with E-state index in [0.29, 0.717) is 13.2 Å². The summed E-state index contributed by atoms with van der Waals surface area (Å²) in [5.41, 5.74) is -0.141. The highest BCUT2D eigenvalue weighted by Gasteiger charge is 2.30. The van der Waals surface area contributed by atoms with E-state index in [1.54, 1.807) is 4.90 Å². The van der Waals surface area contributed by atoms with Crippen LogP contribution < -0.4 is 5.32 Å². The molecule has 1 aliphatic heterocycles. The highest BCUT2D eigenvalue weighted by atomic mass is 16.5. The van der Waals surface area contributed by atoms with Crippen molar-refractivity contribution < 1.29 is 9.53 Å². The van der Waals surface area contributed by atoms with E-state index < -0.39 is 0 Å². The zero-order valence-corrected chi connectivity index (χ0v) is 9.46. The van der Waals surface area contributed by atoms with E-state index in [-0.39, 0.29) is 17.6 Å². The molecule has 1 atom stereocenters. The standard InChI is InChI=1S/C10H20N2O2/c1-10(2,3)12(4)9(13)8-7-11-5-6-14-8/h8,11H,5-7H2,1-4H3. The lowest BCUT2D eigenvalue weighted by molar-refractivity contribution is -0.148. The van der Waals surface area contributed by atoms with Gasteiger partial charge in [-0.3, -0.25) is 4.79 Å². The Morgan fingerprint density at radius 2 is 2.14 bits per heavy atom. The van der Waals surface area contributed by atoms with Gasteiger partial charge >= 0.3 is 0 Å². The number of nitrogens with zero attached hydrogens (tertiary/aromatic N) is 1. The number of carbonyl (C=O) groups excluding carboxylic acids is 1. The van der Waals surface area contributed by atoms with Gasteiger partial charge in [-0.1, -0.05) is 0 Å². The fourth-order valence-corrected chi connectivity index (χ4v) is 1.27. The van der Waals surface area contributed by atoms with Crippen molar-refractivity contribution in [3.63, 3.8) is 0 Å². The summed E-state index contributed by atoms with van der Waals surface area (Å²) in [5.74, 6) is 0.0599. The number of hydrogen-bond donors (Lipinski definition) is 1. The number of carbonyl (C=O) groups is 1. The zero-order chi connectivity index (χ0) is 10.8. The van der Waals surface area contributed by atoms with Crippen molar-refractivity contribution in [2.75, 3.05) is 26.7 Å². The van der Waals surface area contributed by atoms with E-state index in [0.717, 1.165) is 6.54 Å². The van der Waals surface area contributed by atoms with Crippen LogP contribution >= 0.6 is 0 Å². The molecule has 4 heteroatoms. The summed E-state index contributed by atoms with van der Waals surface area (Å²) in [6.45, 7) is 8.13. The van der Waals surface area contributed by atoms with E-state index >= 15 is 0 Å². The molecule has 82 valence electrons. The van der Waals surface area contributed by atoms with Gasteiger partial charge in [-0.05, 0) is 20.8 Å². The highest BCUT2D eigenvalue weighted by molar-refractivity contribution is 5.81. The second-order valence-corrected chi connectivity index (χ2v) is 4.63. The highest BCUT2D eigenvalue weighted by Crippen LogP contribution is 2.13. The third kappa shape index (κ3) is 2.69. The number of nitrogens with one attached hydrogen (secondary N) is 1. The predicted molar refractivity (Wildman–Crippen MR) is 55.1 cm³/mol. The number of amides is 1. The maximum atomic E-state index is 11.9. The van der Waals surface area contributed by atoms with Crippen molar-refractivity contribution in [3.05, 3.63) is 0 Å². The van der Waals surface area contributed by atoms with Gasteiger partial charge in [0.2, 0.25) is 0 Å². The van der Waals surface area contributed by atoms with Gasteiger partial charge in [0.25, 0.3) is 5.91 Å². The van der Waals surface area contributed by atoms with Gasteiger partial charge in [-0.2, -0.15) is 0 Å². The van der Waals surface area contributed by atoms with Crippen LogP contribution in [-0.4, -0.2) is 49.2 Å². The molecule has 1 aliphatic rings. The fourth-order valence-electron chi connectivity index (χ4n) is 1.27. The summed E-state index contributed by atoms with van der Waals surface area (Å²) in [6, 6.07) is 0. The molecule has 0 saturated carbocycles. The Balaban J connectivity index is 2.55. The second-order valence-electron chi connectivity index (χ2n) is 4.63. The van der Waals surface area contributed by atoms with E-state index in [9.17, 15) is 4.79 Å². The Labute approximate surface area is 85.6 Å². The van der Waals surface area contributed by atoms with Crippen LogP contribution in [-0.2, 0) is 9.53 Å². The van der Waals surface area contributed by atoms with E-state index in [1.165, 1.54) is 0 Å². The molecule has 1 N–H and O–H groups in total. The summed E-state index contributed by atoms with van der Waals surface area (Å²) >= 11 is 0. The van der Waals surface area contributed by atoms with Gasteiger partial charge in [-0.25, -0.2) is 0 Å². The molecule has 1 rings (SSSR count). The Kier molecular flexibility index (Phi) is 3.50. The average molecular weight is 200 g/mol. The summed E-state index contributed by atoms with van der Waals surface area (Å²) in [7, 11) is 1.82. The van der Waals surface area contributed by atoms with Crippen LogP contribution in [0.2, 0.25) is 0 Å². The van der Waals surface area contributed by atoms with Crippen LogP contribution in [0.15, 0.2) is 0 Å². The van der Waals surface area contributed by atoms with Gasteiger partial charge in [0.1, 0.15) is 6.10 Å². The molecule has 1 fully saturated rings. The molecule has 1 heterocycles. The Morgan fingerprint density at radius 3 is 2.57 bits per heavy atom. The molecular formula is C10H20N2O2. The SMILES string of the molecule is CN(C(=O)C1CNCCO1)C(C)(C)C. The number of morpholine rings is 1. The van der Waals surface area contributed by atoms with Crippen molar-refractivity contribution in [1.29, 1.82) is 0 Å². The van der Waals surface area contributed by atoms with Gasteiger partial charge in [0.15, 0.2) is 0 Å². The molecule has 0 radical (unpaired) electrons. The molecule has 0 bridgehead atoms. The quantitative estimate of drug-likeness (QED) is 0.659. The lowest BCUT2D eigenvalue weighted by Crippen LogP contribution is -2.53. The number of likely N-dealkylation sites (N-methyl/N-ethyl adjacent to an activating group) is 1. The summed E-state index contributed by atoms with van der Waals surface area (Å²) in [6.07, 6.45) is -0.312. The van der Waals surface area contributed by atoms with Crippen molar-refractivity contribution in [3.8, 4) is 0 Å². The molecule has 0 aliphatic carbocycles. The normalized spacial score (nSPS) is 23.3. The molecule has 1 amide bonds. The minimum atomic E-state index is -0.312. The van der Waals surface area contributed by atoms with Gasteiger partial charge in [0.05, 0.1) is 6.61 Å². The van der Waals surface area contributed by atoms with E-state index in [4.69, 9.17) is 4.74 Å². The molecule has 0 aromatic carbocycles. The van der Waals surface area contributed by atoms with Crippen molar-refractivity contribution in [2.45, 2.75) is 32.4 Å². The first kappa shape index (κ1) is 11.5. The van der Waals surface area contributed by atoms with Crippen LogP contribution in [0, 0.1) is 0 Å². The smallest absolute Gasteiger partial charge is 0.253 e. The maximum absolute atomic E-state index is 11.9. The Bertz CT molecular complexity index is 205. The topological polar surface area (TPSA) is 41.6 Å². The summed E-state index contributed by atoms with van der Waals surface area (Å²) in [4.78, 5) is 13.6. The van der Waals surface area contributed by atoms with Crippen molar-refractivity contribution in [1.82, 2.24) is 10.2 Å². The third-order valence-electron chi connectivity index (χ3n) is 2.54. The van der Waals surface area contributed by atoms with Crippen molar-refractivity contribution in [2.24, 2.45) is 0 Å². The third-order valence-corrected chi connectivity index (χ3v) is 2.54. The Morgan fingerprint density at radius 1 is 1.50 bits per heavy atom. The Hall–Kier alpha value is -0.610. The summed E-state index contributed by atoms with van der Waals surface area (Å²) < 4.78 is 5.40. The number of rotatable bonds is 1. The van der Waals surface area contributed by atoms with Crippen LogP contribution in [0.3, 0.4) is 0 Å². The molecule has 4 nitrogen and oxygen atoms in total. The number of ether oxygens (including phenoxy) is 1. The molecule has 1 saturated heterocycles. The fraction of sp³-hybridized carbons (Fsp3) is 0.900. The first-order chi connectivity index (χ1) is 6.43. The summed E-state index contributed by atoms with van der Waals surface area (Å²) in [5, 5.41) is 3.15. The van der Waals surface area contributed by atoms with Crippen LogP contribution in [0.5, 0.6) is 0 Å². The molecule has 14 heavy (non-hydrogen) atoms. The van der Waals surface area contributed by atoms with Gasteiger partial charge < -0.3 is 15.0 Å². The second kappa shape index (κ2) is 4.28. The van der Waals surface area contributed by atoms with Gasteiger partial charge in [0, 0.05) is 25.7 Å². The molecule has 0 aromatic heterocycles. The van der Waals surface area contributed by atoms with Crippen LogP contribution in [0.1, 0.15) is 20.8 Å². The lowest BCUT2D eigenvalue weighted by atomic mass is 10.1. The average Bonchev–Trinajstić information content (AvgIpc) is 2.15. The number of hydrogen-bond acceptors (Lipinski definition) is 3. The minimum Gasteiger partial charge on any atom is -0.366 e. The van der Waals surface area contributed by atoms with Crippen molar-refractivity contribution >= 4 is 5.91 Å².